The van der Waals surface area contributed by atoms with E-state index < -0.39 is 11.5 Å². The van der Waals surface area contributed by atoms with Crippen LogP contribution in [0.15, 0.2) is 0 Å². The maximum Gasteiger partial charge on any atom is 0.324 e. The van der Waals surface area contributed by atoms with E-state index in [1.807, 2.05) is 0 Å². The summed E-state index contributed by atoms with van der Waals surface area (Å²) in [7, 11) is 0. The van der Waals surface area contributed by atoms with Gasteiger partial charge in [-0.05, 0) is 18.3 Å². The van der Waals surface area contributed by atoms with Crippen LogP contribution in [-0.2, 0) is 4.79 Å². The van der Waals surface area contributed by atoms with Crippen LogP contribution in [0, 0.1) is 5.41 Å². The van der Waals surface area contributed by atoms with E-state index in [-0.39, 0.29) is 0 Å². The third-order valence-corrected chi connectivity index (χ3v) is 4.17. The Morgan fingerprint density at radius 2 is 1.56 bits per heavy atom. The lowest BCUT2D eigenvalue weighted by molar-refractivity contribution is -0.163. The Kier molecular flexibility index (Phi) is 2.99. The molecule has 3 heteroatoms. The Morgan fingerprint density at radius 1 is 1.06 bits per heavy atom. The van der Waals surface area contributed by atoms with Gasteiger partial charge in [0, 0.05) is 13.1 Å². The van der Waals surface area contributed by atoms with E-state index in [2.05, 4.69) is 18.7 Å². The topological polar surface area (TPSA) is 40.5 Å². The Bertz CT molecular complexity index is 270. The van der Waals surface area contributed by atoms with Gasteiger partial charge in [0.25, 0.3) is 0 Å². The van der Waals surface area contributed by atoms with E-state index in [9.17, 15) is 9.90 Å². The number of likely N-dealkylation sites (tertiary alicyclic amines) is 1. The van der Waals surface area contributed by atoms with Crippen LogP contribution >= 0.6 is 0 Å². The van der Waals surface area contributed by atoms with E-state index in [0.717, 1.165) is 38.8 Å². The number of carboxylic acids is 1. The van der Waals surface area contributed by atoms with E-state index in [0.29, 0.717) is 5.41 Å². The molecule has 1 heterocycles. The van der Waals surface area contributed by atoms with Crippen molar-refractivity contribution in [2.75, 3.05) is 13.1 Å². The fourth-order valence-corrected chi connectivity index (χ4v) is 3.27. The van der Waals surface area contributed by atoms with Gasteiger partial charge in [0.05, 0.1) is 0 Å². The van der Waals surface area contributed by atoms with Crippen LogP contribution in [0.5, 0.6) is 0 Å². The zero-order chi connectivity index (χ0) is 11.8. The number of carbonyl (C=O) groups is 1. The molecular weight excluding hydrogens is 202 g/mol. The molecule has 0 unspecified atom stereocenters. The first kappa shape index (κ1) is 11.9. The molecule has 1 aliphatic carbocycles. The largest absolute Gasteiger partial charge is 0.480 e. The van der Waals surface area contributed by atoms with Crippen molar-refractivity contribution in [3.8, 4) is 0 Å². The van der Waals surface area contributed by atoms with Crippen LogP contribution in [0.4, 0.5) is 0 Å². The summed E-state index contributed by atoms with van der Waals surface area (Å²) in [5.74, 6) is -0.593. The first-order valence-corrected chi connectivity index (χ1v) is 6.45. The molecular formula is C13H23NO2. The molecule has 92 valence electrons. The first-order chi connectivity index (χ1) is 7.46. The van der Waals surface area contributed by atoms with Crippen LogP contribution in [0.3, 0.4) is 0 Å². The van der Waals surface area contributed by atoms with Gasteiger partial charge < -0.3 is 5.11 Å². The van der Waals surface area contributed by atoms with Gasteiger partial charge >= 0.3 is 5.97 Å². The van der Waals surface area contributed by atoms with Crippen molar-refractivity contribution in [3.63, 3.8) is 0 Å². The van der Waals surface area contributed by atoms with Crippen LogP contribution in [0.2, 0.25) is 0 Å². The molecule has 1 N–H and O–H groups in total. The van der Waals surface area contributed by atoms with Gasteiger partial charge in [-0.15, -0.1) is 0 Å². The summed E-state index contributed by atoms with van der Waals surface area (Å²) >= 11 is 0. The van der Waals surface area contributed by atoms with Gasteiger partial charge in [0.15, 0.2) is 0 Å². The van der Waals surface area contributed by atoms with Crippen molar-refractivity contribution >= 4 is 5.97 Å². The lowest BCUT2D eigenvalue weighted by atomic mass is 9.76. The molecule has 0 aromatic heterocycles. The minimum absolute atomic E-state index is 0.314. The minimum Gasteiger partial charge on any atom is -0.480 e. The minimum atomic E-state index is -0.593. The molecule has 1 aliphatic heterocycles. The highest BCUT2D eigenvalue weighted by Gasteiger charge is 2.51. The quantitative estimate of drug-likeness (QED) is 0.734. The second kappa shape index (κ2) is 4.02. The molecule has 0 bridgehead atoms. The molecule has 0 aromatic carbocycles. The lowest BCUT2D eigenvalue weighted by Gasteiger charge is -2.54. The number of hydrogen-bond acceptors (Lipinski definition) is 2. The zero-order valence-electron chi connectivity index (χ0n) is 10.5. The molecule has 2 fully saturated rings. The predicted molar refractivity (Wildman–Crippen MR) is 63.4 cm³/mol. The van der Waals surface area contributed by atoms with Crippen molar-refractivity contribution in [1.82, 2.24) is 4.90 Å². The standard InChI is InChI=1S/C13H23NO2/c1-12(2)9-14(10-12)13(11(15)16)7-5-3-4-6-8-13/h3-10H2,1-2H3,(H,15,16). The summed E-state index contributed by atoms with van der Waals surface area (Å²) in [5, 5.41) is 9.58. The van der Waals surface area contributed by atoms with Gasteiger partial charge in [-0.1, -0.05) is 39.5 Å². The molecule has 1 saturated heterocycles. The van der Waals surface area contributed by atoms with Crippen LogP contribution in [0.25, 0.3) is 0 Å². The number of aliphatic carboxylic acids is 1. The van der Waals surface area contributed by atoms with Gasteiger partial charge in [-0.3, -0.25) is 9.69 Å². The van der Waals surface area contributed by atoms with E-state index >= 15 is 0 Å². The van der Waals surface area contributed by atoms with Crippen molar-refractivity contribution < 1.29 is 9.90 Å². The molecule has 2 aliphatic rings. The van der Waals surface area contributed by atoms with Gasteiger partial charge in [0.1, 0.15) is 5.54 Å². The second-order valence-electron chi connectivity index (χ2n) is 6.27. The Labute approximate surface area is 97.8 Å². The molecule has 0 spiro atoms. The highest BCUT2D eigenvalue weighted by molar-refractivity contribution is 5.79. The average Bonchev–Trinajstić information content (AvgIpc) is 2.39. The number of rotatable bonds is 2. The lowest BCUT2D eigenvalue weighted by Crippen LogP contribution is -2.66. The van der Waals surface area contributed by atoms with Crippen molar-refractivity contribution in [3.05, 3.63) is 0 Å². The molecule has 3 nitrogen and oxygen atoms in total. The normalized spacial score (nSPS) is 29.1. The van der Waals surface area contributed by atoms with Crippen molar-refractivity contribution in [2.24, 2.45) is 5.41 Å². The third-order valence-electron chi connectivity index (χ3n) is 4.17. The monoisotopic (exact) mass is 225 g/mol. The smallest absolute Gasteiger partial charge is 0.324 e. The second-order valence-corrected chi connectivity index (χ2v) is 6.27. The summed E-state index contributed by atoms with van der Waals surface area (Å²) in [6.07, 6.45) is 6.24. The summed E-state index contributed by atoms with van der Waals surface area (Å²) < 4.78 is 0. The van der Waals surface area contributed by atoms with Gasteiger partial charge in [-0.2, -0.15) is 0 Å². The highest BCUT2D eigenvalue weighted by atomic mass is 16.4. The van der Waals surface area contributed by atoms with Gasteiger partial charge in [0.2, 0.25) is 0 Å². The number of carboxylic acid groups (broad SMARTS) is 1. The summed E-state index contributed by atoms with van der Waals surface area (Å²) in [4.78, 5) is 13.8. The number of nitrogens with zero attached hydrogens (tertiary/aromatic N) is 1. The highest BCUT2D eigenvalue weighted by Crippen LogP contribution is 2.41. The first-order valence-electron chi connectivity index (χ1n) is 6.45. The SMILES string of the molecule is CC1(C)CN(C2(C(=O)O)CCCCCC2)C1. The number of hydrogen-bond donors (Lipinski definition) is 1. The Balaban J connectivity index is 2.12. The predicted octanol–water partition coefficient (Wildman–Crippen LogP) is 2.51. The van der Waals surface area contributed by atoms with Crippen molar-refractivity contribution in [1.29, 1.82) is 0 Å². The molecule has 0 aromatic rings. The van der Waals surface area contributed by atoms with Crippen LogP contribution in [-0.4, -0.2) is 34.6 Å². The average molecular weight is 225 g/mol. The Morgan fingerprint density at radius 3 is 1.94 bits per heavy atom. The maximum atomic E-state index is 11.6. The summed E-state index contributed by atoms with van der Waals surface area (Å²) in [6, 6.07) is 0. The van der Waals surface area contributed by atoms with Crippen LogP contribution in [0.1, 0.15) is 52.4 Å². The summed E-state index contributed by atoms with van der Waals surface area (Å²) in [5.41, 5.74) is -0.221. The molecule has 1 saturated carbocycles. The van der Waals surface area contributed by atoms with Crippen molar-refractivity contribution in [2.45, 2.75) is 57.9 Å². The van der Waals surface area contributed by atoms with E-state index in [1.54, 1.807) is 0 Å². The summed E-state index contributed by atoms with van der Waals surface area (Å²) in [6.45, 7) is 6.32. The fraction of sp³-hybridized carbons (Fsp3) is 0.923. The molecule has 2 rings (SSSR count). The third kappa shape index (κ3) is 1.97. The van der Waals surface area contributed by atoms with Gasteiger partial charge in [-0.25, -0.2) is 0 Å². The molecule has 0 atom stereocenters. The zero-order valence-corrected chi connectivity index (χ0v) is 10.5. The van der Waals surface area contributed by atoms with E-state index in [1.165, 1.54) is 12.8 Å². The maximum absolute atomic E-state index is 11.6. The Hall–Kier alpha value is -0.570. The fourth-order valence-electron chi connectivity index (χ4n) is 3.27. The molecule has 0 radical (unpaired) electrons. The molecule has 0 amide bonds. The molecule has 16 heavy (non-hydrogen) atoms. The van der Waals surface area contributed by atoms with Crippen LogP contribution < -0.4 is 0 Å². The van der Waals surface area contributed by atoms with E-state index in [4.69, 9.17) is 0 Å².